The number of nitrogens with one attached hydrogen (secondary N) is 1. The molecule has 1 rings (SSSR count). The Morgan fingerprint density at radius 1 is 1.38 bits per heavy atom. The number of hydrogen-bond donors (Lipinski definition) is 2. The molecule has 6 nitrogen and oxygen atoms in total. The molecule has 0 aliphatic rings. The zero-order valence-electron chi connectivity index (χ0n) is 11.9. The number of carbonyl (C=O) groups is 2. The fourth-order valence-corrected chi connectivity index (χ4v) is 2.03. The van der Waals surface area contributed by atoms with Crippen molar-refractivity contribution in [3.05, 3.63) is 28.8 Å². The summed E-state index contributed by atoms with van der Waals surface area (Å²) in [6.07, 6.45) is 0.136. The van der Waals surface area contributed by atoms with Crippen LogP contribution in [0.25, 0.3) is 0 Å². The Hall–Kier alpha value is -1.79. The molecule has 0 heterocycles. The highest BCUT2D eigenvalue weighted by atomic mass is 35.5. The number of carboxylic acids is 1. The van der Waals surface area contributed by atoms with Crippen LogP contribution in [-0.4, -0.2) is 43.9 Å². The Morgan fingerprint density at radius 3 is 2.67 bits per heavy atom. The van der Waals surface area contributed by atoms with Gasteiger partial charge in [-0.1, -0.05) is 17.7 Å². The lowest BCUT2D eigenvalue weighted by Crippen LogP contribution is -2.42. The van der Waals surface area contributed by atoms with Crippen molar-refractivity contribution in [1.82, 2.24) is 5.32 Å². The van der Waals surface area contributed by atoms with Crippen molar-refractivity contribution >= 4 is 23.5 Å². The van der Waals surface area contributed by atoms with Gasteiger partial charge in [0.25, 0.3) is 0 Å². The first kappa shape index (κ1) is 17.3. The van der Waals surface area contributed by atoms with E-state index in [1.165, 1.54) is 14.2 Å². The summed E-state index contributed by atoms with van der Waals surface area (Å²) in [4.78, 5) is 23.0. The summed E-state index contributed by atoms with van der Waals surface area (Å²) in [7, 11) is 2.95. The highest BCUT2D eigenvalue weighted by Crippen LogP contribution is 2.26. The first-order valence-corrected chi connectivity index (χ1v) is 6.69. The summed E-state index contributed by atoms with van der Waals surface area (Å²) in [6.45, 7) is 0.243. The third kappa shape index (κ3) is 5.24. The van der Waals surface area contributed by atoms with E-state index in [9.17, 15) is 9.59 Å². The van der Waals surface area contributed by atoms with Crippen LogP contribution < -0.4 is 10.1 Å². The van der Waals surface area contributed by atoms with E-state index in [0.29, 0.717) is 16.3 Å². The van der Waals surface area contributed by atoms with Gasteiger partial charge in [0.1, 0.15) is 11.8 Å². The number of ether oxygens (including phenoxy) is 2. The first-order valence-electron chi connectivity index (χ1n) is 6.32. The van der Waals surface area contributed by atoms with Crippen LogP contribution in [0.3, 0.4) is 0 Å². The van der Waals surface area contributed by atoms with Crippen LogP contribution in [0.15, 0.2) is 18.2 Å². The zero-order valence-corrected chi connectivity index (χ0v) is 12.6. The molecule has 1 unspecified atom stereocenters. The normalized spacial score (nSPS) is 11.8. The van der Waals surface area contributed by atoms with Crippen LogP contribution >= 0.6 is 11.6 Å². The third-order valence-corrected chi connectivity index (χ3v) is 3.23. The smallest absolute Gasteiger partial charge is 0.326 e. The average molecular weight is 316 g/mol. The molecule has 0 spiro atoms. The van der Waals surface area contributed by atoms with Gasteiger partial charge in [0.15, 0.2) is 0 Å². The van der Waals surface area contributed by atoms with Gasteiger partial charge < -0.3 is 19.9 Å². The number of benzene rings is 1. The summed E-state index contributed by atoms with van der Waals surface area (Å²) < 4.78 is 9.97. The van der Waals surface area contributed by atoms with Crippen LogP contribution in [0.5, 0.6) is 5.75 Å². The molecule has 1 aromatic carbocycles. The van der Waals surface area contributed by atoms with Gasteiger partial charge in [-0.25, -0.2) is 4.79 Å². The maximum atomic E-state index is 12.0. The van der Waals surface area contributed by atoms with Crippen molar-refractivity contribution in [3.63, 3.8) is 0 Å². The fourth-order valence-electron chi connectivity index (χ4n) is 1.80. The molecular weight excluding hydrogens is 298 g/mol. The summed E-state index contributed by atoms with van der Waals surface area (Å²) >= 11 is 6.04. The first-order chi connectivity index (χ1) is 9.99. The maximum absolute atomic E-state index is 12.0. The van der Waals surface area contributed by atoms with E-state index in [-0.39, 0.29) is 19.4 Å². The minimum Gasteiger partial charge on any atom is -0.496 e. The molecule has 0 bridgehead atoms. The minimum atomic E-state index is -1.11. The Balaban J connectivity index is 2.74. The second-order valence-corrected chi connectivity index (χ2v) is 4.74. The Bertz CT molecular complexity index is 506. The molecule has 0 aromatic heterocycles. The van der Waals surface area contributed by atoms with E-state index in [1.54, 1.807) is 18.2 Å². The van der Waals surface area contributed by atoms with Gasteiger partial charge in [-0.05, 0) is 12.1 Å². The monoisotopic (exact) mass is 315 g/mol. The number of halogens is 1. The lowest BCUT2D eigenvalue weighted by molar-refractivity contribution is -0.142. The van der Waals surface area contributed by atoms with E-state index in [0.717, 1.165) is 0 Å². The standard InChI is InChI=1S/C14H18ClNO5/c1-20-7-6-11(14(18)19)16-13(17)8-9-10(15)4-3-5-12(9)21-2/h3-5,11H,6-8H2,1-2H3,(H,16,17)(H,18,19). The third-order valence-electron chi connectivity index (χ3n) is 2.88. The molecule has 0 fully saturated rings. The number of carbonyl (C=O) groups excluding carboxylic acids is 1. The number of carboxylic acid groups (broad SMARTS) is 1. The number of aliphatic carboxylic acids is 1. The van der Waals surface area contributed by atoms with E-state index in [1.807, 2.05) is 0 Å². The molecule has 0 saturated carbocycles. The topological polar surface area (TPSA) is 84.9 Å². The summed E-state index contributed by atoms with van der Waals surface area (Å²) in [5.41, 5.74) is 0.523. The van der Waals surface area contributed by atoms with Crippen LogP contribution in [0.1, 0.15) is 12.0 Å². The molecule has 1 amide bonds. The molecule has 0 saturated heterocycles. The van der Waals surface area contributed by atoms with Gasteiger partial charge in [0.05, 0.1) is 13.5 Å². The van der Waals surface area contributed by atoms with Gasteiger partial charge in [0, 0.05) is 30.7 Å². The van der Waals surface area contributed by atoms with Crippen molar-refractivity contribution in [3.8, 4) is 5.75 Å². The van der Waals surface area contributed by atoms with E-state index < -0.39 is 17.9 Å². The minimum absolute atomic E-state index is 0.0559. The largest absolute Gasteiger partial charge is 0.496 e. The van der Waals surface area contributed by atoms with Crippen LogP contribution in [-0.2, 0) is 20.7 Å². The quantitative estimate of drug-likeness (QED) is 0.759. The van der Waals surface area contributed by atoms with Gasteiger partial charge >= 0.3 is 5.97 Å². The molecule has 21 heavy (non-hydrogen) atoms. The average Bonchev–Trinajstić information content (AvgIpc) is 2.45. The predicted octanol–water partition coefficient (Wildman–Crippen LogP) is 1.50. The van der Waals surface area contributed by atoms with Crippen molar-refractivity contribution in [2.45, 2.75) is 18.9 Å². The Morgan fingerprint density at radius 2 is 2.10 bits per heavy atom. The molecule has 7 heteroatoms. The number of amides is 1. The number of rotatable bonds is 8. The van der Waals surface area contributed by atoms with Crippen LogP contribution in [0, 0.1) is 0 Å². The molecule has 2 N–H and O–H groups in total. The van der Waals surface area contributed by atoms with E-state index >= 15 is 0 Å². The Kier molecular flexibility index (Phi) is 6.98. The molecule has 116 valence electrons. The van der Waals surface area contributed by atoms with E-state index in [4.69, 9.17) is 26.2 Å². The van der Waals surface area contributed by atoms with Crippen molar-refractivity contribution in [1.29, 1.82) is 0 Å². The van der Waals surface area contributed by atoms with Crippen LogP contribution in [0.2, 0.25) is 5.02 Å². The second kappa shape index (κ2) is 8.49. The maximum Gasteiger partial charge on any atom is 0.326 e. The summed E-state index contributed by atoms with van der Waals surface area (Å²) in [5.74, 6) is -1.06. The van der Waals surface area contributed by atoms with Crippen molar-refractivity contribution in [2.24, 2.45) is 0 Å². The SMILES string of the molecule is COCCC(NC(=O)Cc1c(Cl)cccc1OC)C(=O)O. The van der Waals surface area contributed by atoms with Gasteiger partial charge in [-0.2, -0.15) is 0 Å². The molecule has 1 atom stereocenters. The lowest BCUT2D eigenvalue weighted by atomic mass is 10.1. The molecular formula is C14H18ClNO5. The highest BCUT2D eigenvalue weighted by molar-refractivity contribution is 6.31. The number of methoxy groups -OCH3 is 2. The van der Waals surface area contributed by atoms with E-state index in [2.05, 4.69) is 5.32 Å². The second-order valence-electron chi connectivity index (χ2n) is 4.34. The predicted molar refractivity (Wildman–Crippen MR) is 77.8 cm³/mol. The Labute approximate surface area is 128 Å². The van der Waals surface area contributed by atoms with Gasteiger partial charge in [-0.3, -0.25) is 4.79 Å². The van der Waals surface area contributed by atoms with Gasteiger partial charge in [0.2, 0.25) is 5.91 Å². The lowest BCUT2D eigenvalue weighted by Gasteiger charge is -2.15. The van der Waals surface area contributed by atoms with Crippen molar-refractivity contribution in [2.75, 3.05) is 20.8 Å². The summed E-state index contributed by atoms with van der Waals surface area (Å²) in [6, 6.07) is 4.05. The fraction of sp³-hybridized carbons (Fsp3) is 0.429. The molecule has 0 aliphatic carbocycles. The molecule has 0 radical (unpaired) electrons. The molecule has 0 aliphatic heterocycles. The van der Waals surface area contributed by atoms with Crippen molar-refractivity contribution < 1.29 is 24.2 Å². The van der Waals surface area contributed by atoms with Crippen LogP contribution in [0.4, 0.5) is 0 Å². The van der Waals surface area contributed by atoms with Gasteiger partial charge in [-0.15, -0.1) is 0 Å². The summed E-state index contributed by atoms with van der Waals surface area (Å²) in [5, 5.41) is 11.9. The highest BCUT2D eigenvalue weighted by Gasteiger charge is 2.21. The zero-order chi connectivity index (χ0) is 15.8. The number of hydrogen-bond acceptors (Lipinski definition) is 4. The molecule has 1 aromatic rings.